The van der Waals surface area contributed by atoms with Gasteiger partial charge in [-0.05, 0) is 48.9 Å². The van der Waals surface area contributed by atoms with Crippen molar-refractivity contribution in [3.8, 4) is 5.75 Å². The summed E-state index contributed by atoms with van der Waals surface area (Å²) in [6, 6.07) is 10.00. The minimum atomic E-state index is 0.332. The van der Waals surface area contributed by atoms with E-state index in [9.17, 15) is 5.11 Å². The van der Waals surface area contributed by atoms with Gasteiger partial charge in [0.05, 0.1) is 0 Å². The highest BCUT2D eigenvalue weighted by atomic mass is 32.1. The second-order valence-corrected chi connectivity index (χ2v) is 5.04. The number of hydrogen-bond donors (Lipinski definition) is 2. The van der Waals surface area contributed by atoms with Crippen molar-refractivity contribution in [2.24, 2.45) is 0 Å². The van der Waals surface area contributed by atoms with Crippen molar-refractivity contribution in [3.63, 3.8) is 0 Å². The molecule has 0 spiro atoms. The number of thiophene rings is 1. The van der Waals surface area contributed by atoms with Gasteiger partial charge in [-0.2, -0.15) is 11.3 Å². The van der Waals surface area contributed by atoms with Crippen molar-refractivity contribution >= 4 is 17.0 Å². The Hall–Kier alpha value is -1.48. The summed E-state index contributed by atoms with van der Waals surface area (Å²) in [5.41, 5.74) is 2.47. The number of aryl methyl sites for hydroxylation is 1. The van der Waals surface area contributed by atoms with E-state index < -0.39 is 0 Å². The predicted octanol–water partition coefficient (Wildman–Crippen LogP) is 3.89. The molecule has 0 aliphatic rings. The molecule has 1 heterocycles. The Labute approximate surface area is 106 Å². The first-order valence-electron chi connectivity index (χ1n) is 5.80. The van der Waals surface area contributed by atoms with Gasteiger partial charge < -0.3 is 10.4 Å². The molecule has 0 fully saturated rings. The molecule has 2 nitrogen and oxygen atoms in total. The monoisotopic (exact) mass is 247 g/mol. The normalized spacial score (nSPS) is 12.3. The predicted molar refractivity (Wildman–Crippen MR) is 73.8 cm³/mol. The Morgan fingerprint density at radius 3 is 2.65 bits per heavy atom. The molecular formula is C14H17NOS. The lowest BCUT2D eigenvalue weighted by atomic mass is 10.1. The van der Waals surface area contributed by atoms with Crippen molar-refractivity contribution in [1.29, 1.82) is 0 Å². The van der Waals surface area contributed by atoms with E-state index in [1.54, 1.807) is 23.5 Å². The minimum absolute atomic E-state index is 0.332. The van der Waals surface area contributed by atoms with Crippen LogP contribution in [0.2, 0.25) is 0 Å². The van der Waals surface area contributed by atoms with Crippen molar-refractivity contribution < 1.29 is 5.11 Å². The number of benzene rings is 1. The van der Waals surface area contributed by atoms with Gasteiger partial charge in [0.2, 0.25) is 0 Å². The highest BCUT2D eigenvalue weighted by Gasteiger charge is 2.03. The maximum absolute atomic E-state index is 9.19. The third-order valence-corrected chi connectivity index (χ3v) is 3.42. The molecule has 1 aromatic carbocycles. The standard InChI is InChI=1S/C14H17NOS/c1-11(15-13-8-9-17-10-13)2-3-12-4-6-14(16)7-5-12/h4-11,15-16H,2-3H2,1H3. The van der Waals surface area contributed by atoms with E-state index in [0.717, 1.165) is 12.8 Å². The van der Waals surface area contributed by atoms with Crippen molar-refractivity contribution in [2.45, 2.75) is 25.8 Å². The fraction of sp³-hybridized carbons (Fsp3) is 0.286. The Kier molecular flexibility index (Phi) is 4.04. The minimum Gasteiger partial charge on any atom is -0.508 e. The first-order chi connectivity index (χ1) is 8.24. The van der Waals surface area contributed by atoms with Crippen LogP contribution < -0.4 is 5.32 Å². The molecule has 0 saturated heterocycles. The van der Waals surface area contributed by atoms with Crippen LogP contribution in [0.1, 0.15) is 18.9 Å². The number of phenols is 1. The van der Waals surface area contributed by atoms with Crippen LogP contribution in [0.15, 0.2) is 41.1 Å². The average molecular weight is 247 g/mol. The smallest absolute Gasteiger partial charge is 0.115 e. The van der Waals surface area contributed by atoms with E-state index in [0.29, 0.717) is 11.8 Å². The third-order valence-electron chi connectivity index (χ3n) is 2.74. The highest BCUT2D eigenvalue weighted by molar-refractivity contribution is 7.08. The first kappa shape index (κ1) is 12.0. The summed E-state index contributed by atoms with van der Waals surface area (Å²) in [6.45, 7) is 2.19. The van der Waals surface area contributed by atoms with Gasteiger partial charge in [-0.15, -0.1) is 0 Å². The Morgan fingerprint density at radius 1 is 1.24 bits per heavy atom. The second-order valence-electron chi connectivity index (χ2n) is 4.26. The molecule has 0 aliphatic carbocycles. The second kappa shape index (κ2) is 5.73. The van der Waals surface area contributed by atoms with E-state index in [-0.39, 0.29) is 0 Å². The molecule has 0 saturated carbocycles. The zero-order valence-electron chi connectivity index (χ0n) is 9.89. The largest absolute Gasteiger partial charge is 0.508 e. The Morgan fingerprint density at radius 2 is 2.00 bits per heavy atom. The quantitative estimate of drug-likeness (QED) is 0.840. The van der Waals surface area contributed by atoms with E-state index in [1.807, 2.05) is 12.1 Å². The molecule has 90 valence electrons. The lowest BCUT2D eigenvalue weighted by Crippen LogP contribution is -2.15. The van der Waals surface area contributed by atoms with Crippen LogP contribution >= 0.6 is 11.3 Å². The molecule has 0 amide bonds. The van der Waals surface area contributed by atoms with Crippen molar-refractivity contribution in [2.75, 3.05) is 5.32 Å². The number of nitrogens with one attached hydrogen (secondary N) is 1. The summed E-state index contributed by atoms with van der Waals surface area (Å²) < 4.78 is 0. The molecule has 1 unspecified atom stereocenters. The molecule has 2 aromatic rings. The fourth-order valence-electron chi connectivity index (χ4n) is 1.75. The first-order valence-corrected chi connectivity index (χ1v) is 6.75. The Bertz CT molecular complexity index is 436. The molecule has 0 bridgehead atoms. The molecule has 2 N–H and O–H groups in total. The van der Waals surface area contributed by atoms with Gasteiger partial charge in [-0.1, -0.05) is 12.1 Å². The molecular weight excluding hydrogens is 230 g/mol. The van der Waals surface area contributed by atoms with Crippen LogP contribution in [-0.2, 0) is 6.42 Å². The van der Waals surface area contributed by atoms with Crippen LogP contribution in [0, 0.1) is 0 Å². The third kappa shape index (κ3) is 3.79. The molecule has 2 rings (SSSR count). The molecule has 0 radical (unpaired) electrons. The number of aromatic hydroxyl groups is 1. The van der Waals surface area contributed by atoms with Crippen LogP contribution in [0.4, 0.5) is 5.69 Å². The number of anilines is 1. The van der Waals surface area contributed by atoms with E-state index >= 15 is 0 Å². The van der Waals surface area contributed by atoms with E-state index in [1.165, 1.54) is 11.3 Å². The number of rotatable bonds is 5. The fourth-order valence-corrected chi connectivity index (χ4v) is 2.35. The van der Waals surface area contributed by atoms with Gasteiger partial charge in [0, 0.05) is 17.1 Å². The molecule has 0 aliphatic heterocycles. The van der Waals surface area contributed by atoms with Crippen LogP contribution in [0.5, 0.6) is 5.75 Å². The molecule has 17 heavy (non-hydrogen) atoms. The Balaban J connectivity index is 1.79. The molecule has 1 aromatic heterocycles. The van der Waals surface area contributed by atoms with Gasteiger partial charge >= 0.3 is 0 Å². The van der Waals surface area contributed by atoms with Gasteiger partial charge in [-0.25, -0.2) is 0 Å². The summed E-state index contributed by atoms with van der Waals surface area (Å²) in [7, 11) is 0. The average Bonchev–Trinajstić information content (AvgIpc) is 2.81. The van der Waals surface area contributed by atoms with Gasteiger partial charge in [0.1, 0.15) is 5.75 Å². The summed E-state index contributed by atoms with van der Waals surface area (Å²) in [4.78, 5) is 0. The zero-order valence-corrected chi connectivity index (χ0v) is 10.7. The maximum atomic E-state index is 9.19. The number of hydrogen-bond acceptors (Lipinski definition) is 3. The van der Waals surface area contributed by atoms with Gasteiger partial charge in [0.25, 0.3) is 0 Å². The van der Waals surface area contributed by atoms with Crippen LogP contribution in [-0.4, -0.2) is 11.1 Å². The topological polar surface area (TPSA) is 32.3 Å². The lowest BCUT2D eigenvalue weighted by Gasteiger charge is -2.13. The highest BCUT2D eigenvalue weighted by Crippen LogP contribution is 2.16. The molecule has 3 heteroatoms. The SMILES string of the molecule is CC(CCc1ccc(O)cc1)Nc1ccsc1. The van der Waals surface area contributed by atoms with Crippen LogP contribution in [0.3, 0.4) is 0 Å². The molecule has 1 atom stereocenters. The van der Waals surface area contributed by atoms with Gasteiger partial charge in [-0.3, -0.25) is 0 Å². The summed E-state index contributed by atoms with van der Waals surface area (Å²) in [6.07, 6.45) is 2.11. The maximum Gasteiger partial charge on any atom is 0.115 e. The summed E-state index contributed by atoms with van der Waals surface area (Å²) in [5.74, 6) is 0.332. The zero-order chi connectivity index (χ0) is 12.1. The summed E-state index contributed by atoms with van der Waals surface area (Å²) in [5, 5.41) is 16.9. The van der Waals surface area contributed by atoms with Gasteiger partial charge in [0.15, 0.2) is 0 Å². The van der Waals surface area contributed by atoms with Crippen molar-refractivity contribution in [3.05, 3.63) is 46.7 Å². The van der Waals surface area contributed by atoms with E-state index in [4.69, 9.17) is 0 Å². The number of phenolic OH excluding ortho intramolecular Hbond substituents is 1. The van der Waals surface area contributed by atoms with Crippen molar-refractivity contribution in [1.82, 2.24) is 0 Å². The lowest BCUT2D eigenvalue weighted by molar-refractivity contribution is 0.475. The van der Waals surface area contributed by atoms with E-state index in [2.05, 4.69) is 29.1 Å². The summed E-state index contributed by atoms with van der Waals surface area (Å²) >= 11 is 1.71. The van der Waals surface area contributed by atoms with Crippen LogP contribution in [0.25, 0.3) is 0 Å².